The van der Waals surface area contributed by atoms with Gasteiger partial charge in [0.15, 0.2) is 0 Å². The van der Waals surface area contributed by atoms with Crippen LogP contribution in [0.5, 0.6) is 0 Å². The van der Waals surface area contributed by atoms with Crippen LogP contribution < -0.4 is 0 Å². The van der Waals surface area contributed by atoms with Crippen LogP contribution in [0.25, 0.3) is 0 Å². The van der Waals surface area contributed by atoms with Crippen molar-refractivity contribution in [3.63, 3.8) is 0 Å². The minimum Gasteiger partial charge on any atom is -0.367 e. The van der Waals surface area contributed by atoms with Crippen LogP contribution in [0.2, 0.25) is 0 Å². The van der Waals surface area contributed by atoms with E-state index in [0.717, 1.165) is 6.54 Å². The molecule has 0 heterocycles. The zero-order valence-corrected chi connectivity index (χ0v) is 12.7. The summed E-state index contributed by atoms with van der Waals surface area (Å²) in [5, 5.41) is 0. The van der Waals surface area contributed by atoms with E-state index in [1.807, 2.05) is 46.7 Å². The van der Waals surface area contributed by atoms with E-state index in [1.165, 1.54) is 0 Å². The van der Waals surface area contributed by atoms with Gasteiger partial charge in [-0.25, -0.2) is 0 Å². The van der Waals surface area contributed by atoms with Crippen LogP contribution in [-0.2, 0) is 18.3 Å². The molecule has 0 fully saturated rings. The molecule has 0 aliphatic carbocycles. The van der Waals surface area contributed by atoms with Crippen molar-refractivity contribution in [2.24, 2.45) is 0 Å². The van der Waals surface area contributed by atoms with Crippen LogP contribution in [0.1, 0.15) is 27.7 Å². The lowest BCUT2D eigenvalue weighted by Crippen LogP contribution is -2.19. The molecule has 0 amide bonds. The zero-order chi connectivity index (χ0) is 13.5. The van der Waals surface area contributed by atoms with Crippen LogP contribution in [-0.4, -0.2) is 50.7 Å². The first-order valence-electron chi connectivity index (χ1n) is 5.93. The molecule has 0 aromatic carbocycles. The SMILES string of the molecule is CC(C)OP(=O)(COCCN(C)C)OC(C)C. The normalized spacial score (nSPS) is 13.0. The lowest BCUT2D eigenvalue weighted by atomic mass is 10.5. The van der Waals surface area contributed by atoms with Crippen molar-refractivity contribution in [1.82, 2.24) is 4.90 Å². The molecular formula is C11H26NO4P. The highest BCUT2D eigenvalue weighted by molar-refractivity contribution is 7.53. The highest BCUT2D eigenvalue weighted by Crippen LogP contribution is 2.50. The van der Waals surface area contributed by atoms with Crippen molar-refractivity contribution >= 4 is 7.60 Å². The van der Waals surface area contributed by atoms with Crippen molar-refractivity contribution in [1.29, 1.82) is 0 Å². The molecule has 0 aliphatic rings. The topological polar surface area (TPSA) is 48.0 Å². The van der Waals surface area contributed by atoms with Gasteiger partial charge in [-0.15, -0.1) is 0 Å². The smallest absolute Gasteiger partial charge is 0.356 e. The lowest BCUT2D eigenvalue weighted by Gasteiger charge is -2.22. The molecule has 0 unspecified atom stereocenters. The van der Waals surface area contributed by atoms with E-state index in [1.54, 1.807) is 0 Å². The van der Waals surface area contributed by atoms with Gasteiger partial charge in [0.25, 0.3) is 0 Å². The first-order chi connectivity index (χ1) is 7.75. The van der Waals surface area contributed by atoms with Gasteiger partial charge in [0.2, 0.25) is 0 Å². The molecule has 0 rings (SSSR count). The summed E-state index contributed by atoms with van der Waals surface area (Å²) in [6, 6.07) is 0. The lowest BCUT2D eigenvalue weighted by molar-refractivity contribution is 0.0929. The van der Waals surface area contributed by atoms with E-state index in [2.05, 4.69) is 0 Å². The average molecular weight is 267 g/mol. The number of ether oxygens (including phenoxy) is 1. The largest absolute Gasteiger partial charge is 0.367 e. The van der Waals surface area contributed by atoms with Crippen LogP contribution in [0, 0.1) is 0 Å². The Balaban J connectivity index is 4.15. The summed E-state index contributed by atoms with van der Waals surface area (Å²) >= 11 is 0. The third kappa shape index (κ3) is 9.74. The number of likely N-dealkylation sites (N-methyl/N-ethyl adjacent to an activating group) is 1. The summed E-state index contributed by atoms with van der Waals surface area (Å²) in [5.74, 6) is 0. The number of rotatable bonds is 9. The Morgan fingerprint density at radius 3 is 1.88 bits per heavy atom. The molecule has 5 nitrogen and oxygen atoms in total. The summed E-state index contributed by atoms with van der Waals surface area (Å²) in [6.45, 7) is 8.61. The molecule has 104 valence electrons. The second-order valence-electron chi connectivity index (χ2n) is 4.76. The average Bonchev–Trinajstić information content (AvgIpc) is 2.09. The van der Waals surface area contributed by atoms with Gasteiger partial charge in [0.1, 0.15) is 6.35 Å². The molecule has 0 atom stereocenters. The maximum atomic E-state index is 12.3. The maximum absolute atomic E-state index is 12.3. The molecule has 0 aromatic heterocycles. The molecule has 0 saturated heterocycles. The second-order valence-corrected chi connectivity index (χ2v) is 6.66. The first-order valence-corrected chi connectivity index (χ1v) is 7.66. The molecule has 0 saturated carbocycles. The Morgan fingerprint density at radius 1 is 1.06 bits per heavy atom. The Bertz CT molecular complexity index is 230. The Labute approximate surface area is 105 Å². The molecule has 0 spiro atoms. The van der Waals surface area contributed by atoms with Crippen LogP contribution in [0.4, 0.5) is 0 Å². The zero-order valence-electron chi connectivity index (χ0n) is 11.8. The maximum Gasteiger partial charge on any atom is 0.356 e. The van der Waals surface area contributed by atoms with E-state index in [0.29, 0.717) is 6.61 Å². The van der Waals surface area contributed by atoms with Crippen LogP contribution >= 0.6 is 7.60 Å². The van der Waals surface area contributed by atoms with Gasteiger partial charge >= 0.3 is 7.60 Å². The molecule has 0 N–H and O–H groups in total. The molecule has 17 heavy (non-hydrogen) atoms. The Hall–Kier alpha value is 0.0700. The van der Waals surface area contributed by atoms with Gasteiger partial charge in [-0.05, 0) is 41.8 Å². The number of hydrogen-bond acceptors (Lipinski definition) is 5. The fraction of sp³-hybridized carbons (Fsp3) is 1.00. The van der Waals surface area contributed by atoms with E-state index < -0.39 is 7.60 Å². The van der Waals surface area contributed by atoms with Crippen LogP contribution in [0.3, 0.4) is 0 Å². The van der Waals surface area contributed by atoms with Crippen LogP contribution in [0.15, 0.2) is 0 Å². The predicted octanol–water partition coefficient (Wildman–Crippen LogP) is 2.57. The van der Waals surface area contributed by atoms with Gasteiger partial charge in [-0.1, -0.05) is 0 Å². The van der Waals surface area contributed by atoms with Crippen molar-refractivity contribution in [2.75, 3.05) is 33.6 Å². The van der Waals surface area contributed by atoms with Crippen molar-refractivity contribution < 1.29 is 18.3 Å². The summed E-state index contributed by atoms with van der Waals surface area (Å²) in [6.07, 6.45) is -0.272. The minimum atomic E-state index is -3.13. The minimum absolute atomic E-state index is 0.0111. The molecule has 6 heteroatoms. The number of hydrogen-bond donors (Lipinski definition) is 0. The van der Waals surface area contributed by atoms with E-state index in [9.17, 15) is 4.57 Å². The summed E-state index contributed by atoms with van der Waals surface area (Å²) < 4.78 is 28.4. The van der Waals surface area contributed by atoms with Crippen molar-refractivity contribution in [2.45, 2.75) is 39.9 Å². The Morgan fingerprint density at radius 2 is 1.53 bits per heavy atom. The third-order valence-corrected chi connectivity index (χ3v) is 3.66. The molecule has 0 radical (unpaired) electrons. The predicted molar refractivity (Wildman–Crippen MR) is 69.4 cm³/mol. The summed E-state index contributed by atoms with van der Waals surface area (Å²) in [7, 11) is 0.781. The Kier molecular flexibility index (Phi) is 8.25. The molecular weight excluding hydrogens is 241 g/mol. The van der Waals surface area contributed by atoms with E-state index in [4.69, 9.17) is 13.8 Å². The summed E-state index contributed by atoms with van der Waals surface area (Å²) in [5.41, 5.74) is 0. The fourth-order valence-electron chi connectivity index (χ4n) is 1.15. The van der Waals surface area contributed by atoms with Gasteiger partial charge in [0, 0.05) is 6.54 Å². The van der Waals surface area contributed by atoms with Gasteiger partial charge in [0.05, 0.1) is 18.8 Å². The second kappa shape index (κ2) is 8.22. The van der Waals surface area contributed by atoms with E-state index in [-0.39, 0.29) is 18.6 Å². The van der Waals surface area contributed by atoms with Crippen molar-refractivity contribution in [3.05, 3.63) is 0 Å². The number of nitrogens with zero attached hydrogens (tertiary/aromatic N) is 1. The standard InChI is InChI=1S/C11H26NO4P/c1-10(2)15-17(13,16-11(3)4)9-14-8-7-12(5)6/h10-11H,7-9H2,1-6H3. The molecule has 0 aliphatic heterocycles. The third-order valence-electron chi connectivity index (χ3n) is 1.68. The first kappa shape index (κ1) is 17.1. The monoisotopic (exact) mass is 267 g/mol. The highest BCUT2D eigenvalue weighted by atomic mass is 31.2. The molecule has 0 aromatic rings. The summed E-state index contributed by atoms with van der Waals surface area (Å²) in [4.78, 5) is 2.00. The van der Waals surface area contributed by atoms with Gasteiger partial charge in [-0.2, -0.15) is 0 Å². The van der Waals surface area contributed by atoms with Gasteiger partial charge < -0.3 is 18.7 Å². The molecule has 0 bridgehead atoms. The van der Waals surface area contributed by atoms with Gasteiger partial charge in [-0.3, -0.25) is 4.57 Å². The highest BCUT2D eigenvalue weighted by Gasteiger charge is 2.27. The fourth-order valence-corrected chi connectivity index (χ4v) is 2.96. The van der Waals surface area contributed by atoms with Crippen molar-refractivity contribution in [3.8, 4) is 0 Å². The van der Waals surface area contributed by atoms with E-state index >= 15 is 0 Å². The quantitative estimate of drug-likeness (QED) is 0.474.